The van der Waals surface area contributed by atoms with Gasteiger partial charge in [0.25, 0.3) is 5.91 Å². The van der Waals surface area contributed by atoms with Crippen molar-refractivity contribution in [2.24, 2.45) is 5.92 Å². The molecule has 0 spiro atoms. The van der Waals surface area contributed by atoms with Gasteiger partial charge in [0.2, 0.25) is 5.91 Å². The first kappa shape index (κ1) is 12.9. The summed E-state index contributed by atoms with van der Waals surface area (Å²) >= 11 is 0. The van der Waals surface area contributed by atoms with Gasteiger partial charge in [0.15, 0.2) is 9.84 Å². The Labute approximate surface area is 82.9 Å². The van der Waals surface area contributed by atoms with E-state index in [0.29, 0.717) is 0 Å². The van der Waals surface area contributed by atoms with Gasteiger partial charge in [0.1, 0.15) is 5.75 Å². The number of carbonyl (C=O) groups excluding carboxylic acids is 2. The molecule has 0 aliphatic carbocycles. The quantitative estimate of drug-likeness (QED) is 0.589. The van der Waals surface area contributed by atoms with Gasteiger partial charge < -0.3 is 0 Å². The van der Waals surface area contributed by atoms with Crippen LogP contribution in [0.1, 0.15) is 13.8 Å². The third-order valence-electron chi connectivity index (χ3n) is 1.24. The van der Waals surface area contributed by atoms with Crippen LogP contribution in [0.3, 0.4) is 0 Å². The maximum absolute atomic E-state index is 10.9. The molecule has 14 heavy (non-hydrogen) atoms. The van der Waals surface area contributed by atoms with Crippen LogP contribution in [-0.2, 0) is 19.4 Å². The Kier molecular flexibility index (Phi) is 4.55. The predicted octanol–water partition coefficient (Wildman–Crippen LogP) is -1.17. The number of rotatable bonds is 3. The Morgan fingerprint density at radius 1 is 1.21 bits per heavy atom. The van der Waals surface area contributed by atoms with E-state index >= 15 is 0 Å². The highest BCUT2D eigenvalue weighted by Crippen LogP contribution is 1.88. The van der Waals surface area contributed by atoms with Crippen LogP contribution < -0.4 is 10.9 Å². The molecule has 0 saturated carbocycles. The van der Waals surface area contributed by atoms with E-state index in [1.165, 1.54) is 0 Å². The second-order valence-electron chi connectivity index (χ2n) is 3.26. The fourth-order valence-corrected chi connectivity index (χ4v) is 1.10. The first-order valence-electron chi connectivity index (χ1n) is 3.99. The zero-order valence-corrected chi connectivity index (χ0v) is 9.14. The molecule has 7 heteroatoms. The van der Waals surface area contributed by atoms with E-state index in [0.717, 1.165) is 6.26 Å². The molecule has 0 aromatic rings. The average Bonchev–Trinajstić information content (AvgIpc) is 1.96. The Bertz CT molecular complexity index is 321. The molecule has 0 aliphatic rings. The zero-order valence-electron chi connectivity index (χ0n) is 8.33. The predicted molar refractivity (Wildman–Crippen MR) is 50.8 cm³/mol. The van der Waals surface area contributed by atoms with Crippen molar-refractivity contribution in [2.75, 3.05) is 12.0 Å². The van der Waals surface area contributed by atoms with E-state index in [2.05, 4.69) is 5.43 Å². The third-order valence-corrected chi connectivity index (χ3v) is 2.03. The SMILES string of the molecule is CC(C)C(=O)NNC(=O)CS(C)(=O)=O. The van der Waals surface area contributed by atoms with Gasteiger partial charge in [0.05, 0.1) is 0 Å². The van der Waals surface area contributed by atoms with Crippen molar-refractivity contribution in [3.63, 3.8) is 0 Å². The van der Waals surface area contributed by atoms with Crippen molar-refractivity contribution in [1.82, 2.24) is 10.9 Å². The summed E-state index contributed by atoms with van der Waals surface area (Å²) in [5.74, 6) is -2.02. The van der Waals surface area contributed by atoms with Crippen molar-refractivity contribution in [2.45, 2.75) is 13.8 Å². The highest BCUT2D eigenvalue weighted by atomic mass is 32.2. The van der Waals surface area contributed by atoms with Gasteiger partial charge in [-0.25, -0.2) is 8.42 Å². The lowest BCUT2D eigenvalue weighted by Gasteiger charge is -2.08. The molecule has 0 fully saturated rings. The third kappa shape index (κ3) is 6.41. The van der Waals surface area contributed by atoms with Gasteiger partial charge in [-0.1, -0.05) is 13.8 Å². The first-order valence-corrected chi connectivity index (χ1v) is 6.05. The number of sulfone groups is 1. The summed E-state index contributed by atoms with van der Waals surface area (Å²) in [6.45, 7) is 3.30. The largest absolute Gasteiger partial charge is 0.273 e. The van der Waals surface area contributed by atoms with Crippen molar-refractivity contribution in [3.05, 3.63) is 0 Å². The van der Waals surface area contributed by atoms with Gasteiger partial charge in [-0.15, -0.1) is 0 Å². The first-order chi connectivity index (χ1) is 6.22. The average molecular weight is 222 g/mol. The van der Waals surface area contributed by atoms with E-state index < -0.39 is 21.5 Å². The summed E-state index contributed by atoms with van der Waals surface area (Å²) in [6, 6.07) is 0. The molecule has 0 aliphatic heterocycles. The van der Waals surface area contributed by atoms with Gasteiger partial charge in [-0.2, -0.15) is 0 Å². The lowest BCUT2D eigenvalue weighted by molar-refractivity contribution is -0.129. The molecule has 0 heterocycles. The molecular formula is C7H14N2O4S. The van der Waals surface area contributed by atoms with Crippen molar-refractivity contribution in [3.8, 4) is 0 Å². The molecule has 0 aromatic carbocycles. The molecule has 0 bridgehead atoms. The highest BCUT2D eigenvalue weighted by molar-refractivity contribution is 7.91. The normalized spacial score (nSPS) is 11.1. The Hall–Kier alpha value is -1.11. The zero-order chi connectivity index (χ0) is 11.4. The lowest BCUT2D eigenvalue weighted by atomic mass is 10.2. The fourth-order valence-electron chi connectivity index (χ4n) is 0.550. The number of hydrogen-bond acceptors (Lipinski definition) is 4. The van der Waals surface area contributed by atoms with E-state index in [4.69, 9.17) is 0 Å². The van der Waals surface area contributed by atoms with Crippen LogP contribution in [0.25, 0.3) is 0 Å². The molecule has 2 amide bonds. The fraction of sp³-hybridized carbons (Fsp3) is 0.714. The van der Waals surface area contributed by atoms with Crippen LogP contribution in [0.5, 0.6) is 0 Å². The number of hydrazine groups is 1. The minimum Gasteiger partial charge on any atom is -0.273 e. The molecule has 0 rings (SSSR count). The number of amides is 2. The highest BCUT2D eigenvalue weighted by Gasteiger charge is 2.12. The number of nitrogens with one attached hydrogen (secondary N) is 2. The molecule has 0 radical (unpaired) electrons. The van der Waals surface area contributed by atoms with Crippen LogP contribution >= 0.6 is 0 Å². The van der Waals surface area contributed by atoms with E-state index in [1.54, 1.807) is 13.8 Å². The second-order valence-corrected chi connectivity index (χ2v) is 5.40. The Morgan fingerprint density at radius 2 is 1.71 bits per heavy atom. The van der Waals surface area contributed by atoms with Crippen molar-refractivity contribution in [1.29, 1.82) is 0 Å². The topological polar surface area (TPSA) is 92.3 Å². The summed E-state index contributed by atoms with van der Waals surface area (Å²) in [4.78, 5) is 21.8. The molecule has 6 nitrogen and oxygen atoms in total. The van der Waals surface area contributed by atoms with Crippen molar-refractivity contribution < 1.29 is 18.0 Å². The van der Waals surface area contributed by atoms with Crippen LogP contribution in [0.15, 0.2) is 0 Å². The molecule has 0 atom stereocenters. The van der Waals surface area contributed by atoms with Crippen LogP contribution in [-0.4, -0.2) is 32.2 Å². The second kappa shape index (κ2) is 4.94. The lowest BCUT2D eigenvalue weighted by Crippen LogP contribution is -2.45. The Balaban J connectivity index is 3.93. The van der Waals surface area contributed by atoms with Crippen LogP contribution in [0.2, 0.25) is 0 Å². The molecule has 82 valence electrons. The molecular weight excluding hydrogens is 208 g/mol. The standard InChI is InChI=1S/C7H14N2O4S/c1-5(2)7(11)9-8-6(10)4-14(3,12)13/h5H,4H2,1-3H3,(H,8,10)(H,9,11). The minimum absolute atomic E-state index is 0.270. The maximum atomic E-state index is 10.9. The summed E-state index contributed by atoms with van der Waals surface area (Å²) in [7, 11) is -3.35. The summed E-state index contributed by atoms with van der Waals surface area (Å²) in [5.41, 5.74) is 4.10. The Morgan fingerprint density at radius 3 is 2.07 bits per heavy atom. The molecule has 0 saturated heterocycles. The molecule has 0 unspecified atom stereocenters. The van der Waals surface area contributed by atoms with E-state index in [9.17, 15) is 18.0 Å². The smallest absolute Gasteiger partial charge is 0.253 e. The number of carbonyl (C=O) groups is 2. The summed E-state index contributed by atoms with van der Waals surface area (Å²) in [5, 5.41) is 0. The molecule has 2 N–H and O–H groups in total. The van der Waals surface area contributed by atoms with Gasteiger partial charge in [-0.05, 0) is 0 Å². The van der Waals surface area contributed by atoms with Crippen molar-refractivity contribution >= 4 is 21.7 Å². The molecule has 0 aromatic heterocycles. The number of hydrogen-bond donors (Lipinski definition) is 2. The monoisotopic (exact) mass is 222 g/mol. The summed E-state index contributed by atoms with van der Waals surface area (Å²) < 4.78 is 21.3. The maximum Gasteiger partial charge on any atom is 0.253 e. The summed E-state index contributed by atoms with van der Waals surface area (Å²) in [6.07, 6.45) is 0.941. The van der Waals surface area contributed by atoms with E-state index in [1.807, 2.05) is 5.43 Å². The van der Waals surface area contributed by atoms with Crippen LogP contribution in [0, 0.1) is 5.92 Å². The minimum atomic E-state index is -3.35. The van der Waals surface area contributed by atoms with E-state index in [-0.39, 0.29) is 11.8 Å². The van der Waals surface area contributed by atoms with Crippen LogP contribution in [0.4, 0.5) is 0 Å². The van der Waals surface area contributed by atoms with Gasteiger partial charge in [0, 0.05) is 12.2 Å². The van der Waals surface area contributed by atoms with Gasteiger partial charge >= 0.3 is 0 Å². The van der Waals surface area contributed by atoms with Gasteiger partial charge in [-0.3, -0.25) is 20.4 Å².